The number of aromatic nitrogens is 2. The molecule has 0 radical (unpaired) electrons. The molecule has 0 saturated carbocycles. The summed E-state index contributed by atoms with van der Waals surface area (Å²) in [6.45, 7) is 3.39. The van der Waals surface area contributed by atoms with E-state index in [0.717, 1.165) is 18.7 Å². The molecule has 5 nitrogen and oxygen atoms in total. The van der Waals surface area contributed by atoms with E-state index < -0.39 is 0 Å². The third kappa shape index (κ3) is 2.29. The number of aryl methyl sites for hydroxylation is 1. The molecule has 0 aliphatic heterocycles. The van der Waals surface area contributed by atoms with Gasteiger partial charge in [0.25, 0.3) is 0 Å². The zero-order valence-electron chi connectivity index (χ0n) is 7.01. The quantitative estimate of drug-likeness (QED) is 0.380. The predicted octanol–water partition coefficient (Wildman–Crippen LogP) is 1.76. The van der Waals surface area contributed by atoms with E-state index in [1.807, 2.05) is 23.9 Å². The zero-order chi connectivity index (χ0) is 8.81. The number of hydrogen-bond donors (Lipinski definition) is 0. The van der Waals surface area contributed by atoms with E-state index in [4.69, 9.17) is 5.53 Å². The summed E-state index contributed by atoms with van der Waals surface area (Å²) in [5.74, 6) is 0. The first-order valence-electron chi connectivity index (χ1n) is 3.90. The molecule has 0 aromatic carbocycles. The van der Waals surface area contributed by atoms with Crippen molar-refractivity contribution in [2.45, 2.75) is 19.9 Å². The summed E-state index contributed by atoms with van der Waals surface area (Å²) >= 11 is 0. The van der Waals surface area contributed by atoms with Crippen molar-refractivity contribution in [1.82, 2.24) is 9.78 Å². The van der Waals surface area contributed by atoms with Crippen LogP contribution in [0.15, 0.2) is 17.4 Å². The minimum absolute atomic E-state index is 0.483. The fraction of sp³-hybridized carbons (Fsp3) is 0.571. The van der Waals surface area contributed by atoms with Gasteiger partial charge in [0, 0.05) is 24.2 Å². The average molecular weight is 165 g/mol. The van der Waals surface area contributed by atoms with E-state index in [1.165, 1.54) is 0 Å². The number of rotatable bonds is 4. The van der Waals surface area contributed by atoms with E-state index in [0.29, 0.717) is 6.54 Å². The Balaban J connectivity index is 2.46. The molecule has 0 aliphatic rings. The van der Waals surface area contributed by atoms with Gasteiger partial charge in [-0.05, 0) is 24.9 Å². The van der Waals surface area contributed by atoms with Crippen LogP contribution in [0, 0.1) is 0 Å². The van der Waals surface area contributed by atoms with Crippen LogP contribution in [0.25, 0.3) is 10.4 Å². The Kier molecular flexibility index (Phi) is 3.17. The first-order chi connectivity index (χ1) is 5.86. The number of azide groups is 1. The largest absolute Gasteiger partial charge is 0.273 e. The van der Waals surface area contributed by atoms with Gasteiger partial charge in [-0.15, -0.1) is 0 Å². The Morgan fingerprint density at radius 1 is 1.75 bits per heavy atom. The van der Waals surface area contributed by atoms with Crippen LogP contribution in [0.1, 0.15) is 12.6 Å². The molecule has 0 aliphatic carbocycles. The van der Waals surface area contributed by atoms with Crippen molar-refractivity contribution in [3.05, 3.63) is 28.4 Å². The maximum Gasteiger partial charge on any atom is 0.0625 e. The van der Waals surface area contributed by atoms with Crippen LogP contribution in [0.2, 0.25) is 0 Å². The fourth-order valence-electron chi connectivity index (χ4n) is 0.922. The molecule has 0 amide bonds. The van der Waals surface area contributed by atoms with Gasteiger partial charge in [0.15, 0.2) is 0 Å². The third-order valence-corrected chi connectivity index (χ3v) is 1.55. The van der Waals surface area contributed by atoms with E-state index in [-0.39, 0.29) is 0 Å². The Hall–Kier alpha value is -1.48. The van der Waals surface area contributed by atoms with E-state index in [1.54, 1.807) is 0 Å². The molecule has 12 heavy (non-hydrogen) atoms. The lowest BCUT2D eigenvalue weighted by Crippen LogP contribution is -1.96. The van der Waals surface area contributed by atoms with Crippen molar-refractivity contribution in [3.63, 3.8) is 0 Å². The third-order valence-electron chi connectivity index (χ3n) is 1.55. The van der Waals surface area contributed by atoms with Crippen LogP contribution in [0.3, 0.4) is 0 Å². The van der Waals surface area contributed by atoms with Crippen molar-refractivity contribution in [3.8, 4) is 0 Å². The molecular formula is C7H11N5. The standard InChI is InChI=1S/C7H11N5/c1-2-12-6-4-7(10-12)3-5-9-11-8/h4,6H,2-3,5H2,1H3. The first-order valence-corrected chi connectivity index (χ1v) is 3.90. The monoisotopic (exact) mass is 165 g/mol. The van der Waals surface area contributed by atoms with Gasteiger partial charge in [0.1, 0.15) is 0 Å². The van der Waals surface area contributed by atoms with Gasteiger partial charge in [0.2, 0.25) is 0 Å². The molecule has 1 aromatic heterocycles. The highest BCUT2D eigenvalue weighted by Crippen LogP contribution is 1.96. The van der Waals surface area contributed by atoms with Crippen molar-refractivity contribution >= 4 is 0 Å². The molecule has 0 unspecified atom stereocenters. The minimum atomic E-state index is 0.483. The number of hydrogen-bond acceptors (Lipinski definition) is 2. The van der Waals surface area contributed by atoms with Gasteiger partial charge in [-0.1, -0.05) is 5.11 Å². The van der Waals surface area contributed by atoms with Crippen molar-refractivity contribution in [2.24, 2.45) is 5.11 Å². The molecule has 0 bridgehead atoms. The summed E-state index contributed by atoms with van der Waals surface area (Å²) in [4.78, 5) is 2.67. The lowest BCUT2D eigenvalue weighted by Gasteiger charge is -1.92. The maximum absolute atomic E-state index is 8.03. The van der Waals surface area contributed by atoms with E-state index >= 15 is 0 Å². The van der Waals surface area contributed by atoms with Crippen molar-refractivity contribution in [1.29, 1.82) is 0 Å². The van der Waals surface area contributed by atoms with Crippen LogP contribution in [0.5, 0.6) is 0 Å². The van der Waals surface area contributed by atoms with Gasteiger partial charge in [-0.2, -0.15) is 5.10 Å². The van der Waals surface area contributed by atoms with E-state index in [2.05, 4.69) is 15.1 Å². The summed E-state index contributed by atoms with van der Waals surface area (Å²) in [6.07, 6.45) is 2.64. The average Bonchev–Trinajstić information content (AvgIpc) is 2.53. The predicted molar refractivity (Wildman–Crippen MR) is 45.6 cm³/mol. The SMILES string of the molecule is CCn1ccc(CCN=[N+]=[N-])n1. The fourth-order valence-corrected chi connectivity index (χ4v) is 0.922. The lowest BCUT2D eigenvalue weighted by atomic mass is 10.3. The zero-order valence-corrected chi connectivity index (χ0v) is 7.01. The highest BCUT2D eigenvalue weighted by molar-refractivity contribution is 4.99. The summed E-state index contributed by atoms with van der Waals surface area (Å²) in [5, 5.41) is 7.67. The molecule has 1 heterocycles. The normalized spacial score (nSPS) is 9.42. The van der Waals surface area contributed by atoms with Crippen LogP contribution in [0.4, 0.5) is 0 Å². The van der Waals surface area contributed by atoms with Gasteiger partial charge in [-0.25, -0.2) is 0 Å². The second-order valence-corrected chi connectivity index (χ2v) is 2.37. The smallest absolute Gasteiger partial charge is 0.0625 e. The second kappa shape index (κ2) is 4.41. The summed E-state index contributed by atoms with van der Waals surface area (Å²) < 4.78 is 1.85. The molecular weight excluding hydrogens is 154 g/mol. The summed E-state index contributed by atoms with van der Waals surface area (Å²) in [6, 6.07) is 1.94. The molecule has 0 spiro atoms. The van der Waals surface area contributed by atoms with Crippen molar-refractivity contribution < 1.29 is 0 Å². The highest BCUT2D eigenvalue weighted by Gasteiger charge is 1.95. The Labute approximate surface area is 70.6 Å². The minimum Gasteiger partial charge on any atom is -0.273 e. The summed E-state index contributed by atoms with van der Waals surface area (Å²) in [5.41, 5.74) is 9.00. The molecule has 0 fully saturated rings. The first kappa shape index (κ1) is 8.62. The maximum atomic E-state index is 8.03. The topological polar surface area (TPSA) is 66.6 Å². The van der Waals surface area contributed by atoms with Gasteiger partial charge in [-0.3, -0.25) is 4.68 Å². The number of nitrogens with zero attached hydrogens (tertiary/aromatic N) is 5. The Bertz CT molecular complexity index is 284. The molecule has 0 N–H and O–H groups in total. The Morgan fingerprint density at radius 3 is 3.17 bits per heavy atom. The van der Waals surface area contributed by atoms with Crippen LogP contribution >= 0.6 is 0 Å². The highest BCUT2D eigenvalue weighted by atomic mass is 15.3. The van der Waals surface area contributed by atoms with Gasteiger partial charge < -0.3 is 0 Å². The molecule has 0 atom stereocenters. The van der Waals surface area contributed by atoms with E-state index in [9.17, 15) is 0 Å². The molecule has 1 aromatic rings. The molecule has 5 heteroatoms. The molecule has 64 valence electrons. The van der Waals surface area contributed by atoms with Gasteiger partial charge >= 0.3 is 0 Å². The van der Waals surface area contributed by atoms with Crippen LogP contribution < -0.4 is 0 Å². The molecule has 0 saturated heterocycles. The molecule has 1 rings (SSSR count). The van der Waals surface area contributed by atoms with Crippen LogP contribution in [-0.2, 0) is 13.0 Å². The van der Waals surface area contributed by atoms with Gasteiger partial charge in [0.05, 0.1) is 5.69 Å². The second-order valence-electron chi connectivity index (χ2n) is 2.37. The van der Waals surface area contributed by atoms with Crippen LogP contribution in [-0.4, -0.2) is 16.3 Å². The Morgan fingerprint density at radius 2 is 2.58 bits per heavy atom. The summed E-state index contributed by atoms with van der Waals surface area (Å²) in [7, 11) is 0. The lowest BCUT2D eigenvalue weighted by molar-refractivity contribution is 0.646. The van der Waals surface area contributed by atoms with Crippen molar-refractivity contribution in [2.75, 3.05) is 6.54 Å².